The van der Waals surface area contributed by atoms with Gasteiger partial charge in [-0.1, -0.05) is 0 Å². The molecule has 3 heterocycles. The number of aromatic nitrogens is 4. The standard InChI is InChI=1S/C13H8F3N4S2/c1-6-10(22-7(2)18-6)8-3-4-17-11(19-8)12-20-9(5-21-12)13(14,15)16/h3,5H,1-2H3. The smallest absolute Gasteiger partial charge is 0.246 e. The molecular weight excluding hydrogens is 333 g/mol. The number of hydrogen-bond donors (Lipinski definition) is 0. The van der Waals surface area contributed by atoms with Gasteiger partial charge in [0.05, 0.1) is 27.5 Å². The summed E-state index contributed by atoms with van der Waals surface area (Å²) in [6, 6.07) is 1.59. The van der Waals surface area contributed by atoms with Crippen LogP contribution in [0.4, 0.5) is 13.2 Å². The van der Waals surface area contributed by atoms with Crippen LogP contribution < -0.4 is 0 Å². The molecule has 1 radical (unpaired) electrons. The summed E-state index contributed by atoms with van der Waals surface area (Å²) in [6.07, 6.45) is -1.81. The molecule has 4 nitrogen and oxygen atoms in total. The van der Waals surface area contributed by atoms with Gasteiger partial charge < -0.3 is 0 Å². The van der Waals surface area contributed by atoms with Gasteiger partial charge in [-0.05, 0) is 19.9 Å². The van der Waals surface area contributed by atoms with E-state index < -0.39 is 11.9 Å². The minimum absolute atomic E-state index is 0.115. The van der Waals surface area contributed by atoms with E-state index in [9.17, 15) is 13.2 Å². The average Bonchev–Trinajstić information content (AvgIpc) is 3.05. The van der Waals surface area contributed by atoms with Crippen molar-refractivity contribution in [3.63, 3.8) is 0 Å². The van der Waals surface area contributed by atoms with Crippen molar-refractivity contribution in [1.29, 1.82) is 0 Å². The molecule has 0 aliphatic rings. The van der Waals surface area contributed by atoms with Crippen LogP contribution in [0, 0.1) is 20.0 Å². The highest BCUT2D eigenvalue weighted by Gasteiger charge is 2.34. The second kappa shape index (κ2) is 5.40. The fourth-order valence-electron chi connectivity index (χ4n) is 1.81. The Hall–Kier alpha value is -1.87. The van der Waals surface area contributed by atoms with Crippen LogP contribution in [0.5, 0.6) is 0 Å². The van der Waals surface area contributed by atoms with Gasteiger partial charge in [0.25, 0.3) is 0 Å². The van der Waals surface area contributed by atoms with E-state index in [1.165, 1.54) is 11.3 Å². The Labute approximate surface area is 131 Å². The zero-order chi connectivity index (χ0) is 15.9. The van der Waals surface area contributed by atoms with E-state index in [2.05, 4.69) is 26.1 Å². The number of halogens is 3. The molecule has 113 valence electrons. The lowest BCUT2D eigenvalue weighted by Gasteiger charge is -2.01. The van der Waals surface area contributed by atoms with Crippen molar-refractivity contribution in [2.45, 2.75) is 20.0 Å². The second-order valence-electron chi connectivity index (χ2n) is 4.39. The van der Waals surface area contributed by atoms with Crippen molar-refractivity contribution in [2.24, 2.45) is 0 Å². The molecule has 3 aromatic rings. The third kappa shape index (κ3) is 2.86. The molecule has 0 aliphatic heterocycles. The topological polar surface area (TPSA) is 51.6 Å². The molecule has 0 unspecified atom stereocenters. The number of thiazole rings is 2. The van der Waals surface area contributed by atoms with Crippen LogP contribution in [-0.2, 0) is 6.18 Å². The maximum atomic E-state index is 12.6. The fourth-order valence-corrected chi connectivity index (χ4v) is 3.45. The van der Waals surface area contributed by atoms with E-state index in [-0.39, 0.29) is 10.8 Å². The van der Waals surface area contributed by atoms with Crippen LogP contribution in [0.25, 0.3) is 21.4 Å². The van der Waals surface area contributed by atoms with Crippen LogP contribution in [0.15, 0.2) is 11.4 Å². The summed E-state index contributed by atoms with van der Waals surface area (Å²) < 4.78 is 37.8. The number of hydrogen-bond acceptors (Lipinski definition) is 6. The summed E-state index contributed by atoms with van der Waals surface area (Å²) in [5.74, 6) is 0.128. The zero-order valence-electron chi connectivity index (χ0n) is 11.4. The monoisotopic (exact) mass is 341 g/mol. The van der Waals surface area contributed by atoms with Crippen molar-refractivity contribution in [2.75, 3.05) is 0 Å². The molecule has 22 heavy (non-hydrogen) atoms. The van der Waals surface area contributed by atoms with Gasteiger partial charge >= 0.3 is 6.18 Å². The lowest BCUT2D eigenvalue weighted by atomic mass is 10.3. The summed E-state index contributed by atoms with van der Waals surface area (Å²) >= 11 is 2.32. The van der Waals surface area contributed by atoms with Gasteiger partial charge in [0, 0.05) is 5.38 Å². The predicted molar refractivity (Wildman–Crippen MR) is 77.6 cm³/mol. The number of alkyl halides is 3. The Morgan fingerprint density at radius 1 is 1.14 bits per heavy atom. The Morgan fingerprint density at radius 2 is 1.91 bits per heavy atom. The van der Waals surface area contributed by atoms with E-state index in [0.29, 0.717) is 5.69 Å². The lowest BCUT2D eigenvalue weighted by molar-refractivity contribution is -0.140. The SMILES string of the molecule is Cc1nc(C)c(-c2c[c]nc(-c3nc(C(F)(F)F)cs3)n2)s1. The molecule has 0 aliphatic carbocycles. The molecule has 0 saturated carbocycles. The highest BCUT2D eigenvalue weighted by molar-refractivity contribution is 7.15. The molecular formula is C13H8F3N4S2. The third-order valence-corrected chi connectivity index (χ3v) is 4.65. The maximum Gasteiger partial charge on any atom is 0.434 e. The van der Waals surface area contributed by atoms with E-state index in [1.54, 1.807) is 6.07 Å². The molecule has 0 amide bonds. The average molecular weight is 341 g/mol. The van der Waals surface area contributed by atoms with Crippen molar-refractivity contribution in [1.82, 2.24) is 19.9 Å². The summed E-state index contributed by atoms with van der Waals surface area (Å²) in [4.78, 5) is 16.9. The van der Waals surface area contributed by atoms with Gasteiger partial charge in [-0.15, -0.1) is 22.7 Å². The van der Waals surface area contributed by atoms with Gasteiger partial charge in [-0.25, -0.2) is 19.9 Å². The highest BCUT2D eigenvalue weighted by Crippen LogP contribution is 2.33. The van der Waals surface area contributed by atoms with E-state index in [4.69, 9.17) is 0 Å². The maximum absolute atomic E-state index is 12.6. The zero-order valence-corrected chi connectivity index (χ0v) is 13.0. The van der Waals surface area contributed by atoms with Crippen molar-refractivity contribution >= 4 is 22.7 Å². The normalized spacial score (nSPS) is 11.9. The van der Waals surface area contributed by atoms with Gasteiger partial charge in [-0.2, -0.15) is 13.2 Å². The Kier molecular flexibility index (Phi) is 3.69. The summed E-state index contributed by atoms with van der Waals surface area (Å²) in [5, 5.41) is 1.96. The molecule has 0 atom stereocenters. The largest absolute Gasteiger partial charge is 0.434 e. The first kappa shape index (κ1) is 15.0. The third-order valence-electron chi connectivity index (χ3n) is 2.72. The van der Waals surface area contributed by atoms with Crippen LogP contribution >= 0.6 is 22.7 Å². The minimum Gasteiger partial charge on any atom is -0.246 e. The molecule has 0 N–H and O–H groups in total. The number of rotatable bonds is 2. The molecule has 0 fully saturated rings. The number of nitrogens with zero attached hydrogens (tertiary/aromatic N) is 4. The van der Waals surface area contributed by atoms with Crippen molar-refractivity contribution in [3.05, 3.63) is 34.0 Å². The molecule has 0 saturated heterocycles. The molecule has 9 heteroatoms. The first-order valence-corrected chi connectivity index (χ1v) is 7.77. The summed E-state index contributed by atoms with van der Waals surface area (Å²) in [5.41, 5.74) is 0.457. The summed E-state index contributed by atoms with van der Waals surface area (Å²) in [6.45, 7) is 3.73. The lowest BCUT2D eigenvalue weighted by Crippen LogP contribution is -2.05. The van der Waals surface area contributed by atoms with Crippen molar-refractivity contribution in [3.8, 4) is 21.4 Å². The van der Waals surface area contributed by atoms with Crippen LogP contribution in [0.3, 0.4) is 0 Å². The van der Waals surface area contributed by atoms with Crippen molar-refractivity contribution < 1.29 is 13.2 Å². The van der Waals surface area contributed by atoms with Crippen LogP contribution in [0.1, 0.15) is 16.4 Å². The number of aryl methyl sites for hydroxylation is 2. The van der Waals surface area contributed by atoms with E-state index >= 15 is 0 Å². The molecule has 0 aromatic carbocycles. The Balaban J connectivity index is 2.01. The summed E-state index contributed by atoms with van der Waals surface area (Å²) in [7, 11) is 0. The molecule has 0 spiro atoms. The van der Waals surface area contributed by atoms with Crippen LogP contribution in [-0.4, -0.2) is 19.9 Å². The van der Waals surface area contributed by atoms with Gasteiger partial charge in [0.15, 0.2) is 16.5 Å². The Morgan fingerprint density at radius 3 is 2.50 bits per heavy atom. The quantitative estimate of drug-likeness (QED) is 0.702. The highest BCUT2D eigenvalue weighted by atomic mass is 32.1. The van der Waals surface area contributed by atoms with E-state index in [0.717, 1.165) is 32.3 Å². The molecule has 3 aromatic heterocycles. The fraction of sp³-hybridized carbons (Fsp3) is 0.231. The first-order chi connectivity index (χ1) is 10.3. The van der Waals surface area contributed by atoms with E-state index in [1.807, 2.05) is 13.8 Å². The van der Waals surface area contributed by atoms with Gasteiger partial charge in [-0.3, -0.25) is 0 Å². The first-order valence-electron chi connectivity index (χ1n) is 6.07. The van der Waals surface area contributed by atoms with Gasteiger partial charge in [0.1, 0.15) is 0 Å². The molecule has 0 bridgehead atoms. The predicted octanol–water partition coefficient (Wildman–Crippen LogP) is 4.16. The minimum atomic E-state index is -4.47. The second-order valence-corrected chi connectivity index (χ2v) is 6.45. The van der Waals surface area contributed by atoms with Crippen LogP contribution in [0.2, 0.25) is 0 Å². The molecule has 3 rings (SSSR count). The van der Waals surface area contributed by atoms with Gasteiger partial charge in [0.2, 0.25) is 0 Å². The Bertz CT molecular complexity index is 823.